The normalized spacial score (nSPS) is 29.6. The molecule has 3 atom stereocenters. The molecule has 0 bridgehead atoms. The maximum Gasteiger partial charge on any atom is 0.236 e. The molecule has 5 nitrogen and oxygen atoms in total. The van der Waals surface area contributed by atoms with Crippen molar-refractivity contribution in [2.24, 2.45) is 17.8 Å². The number of rotatable bonds is 4. The predicted molar refractivity (Wildman–Crippen MR) is 92.0 cm³/mol. The maximum atomic E-state index is 12.6. The van der Waals surface area contributed by atoms with Crippen molar-refractivity contribution in [2.45, 2.75) is 53.0 Å². The maximum absolute atomic E-state index is 12.6. The first-order valence-electron chi connectivity index (χ1n) is 9.15. The van der Waals surface area contributed by atoms with Gasteiger partial charge in [0.2, 0.25) is 11.8 Å². The fourth-order valence-electron chi connectivity index (χ4n) is 3.84. The summed E-state index contributed by atoms with van der Waals surface area (Å²) in [5.74, 6) is 1.58. The van der Waals surface area contributed by atoms with Gasteiger partial charge in [-0.25, -0.2) is 0 Å². The third-order valence-corrected chi connectivity index (χ3v) is 4.96. The van der Waals surface area contributed by atoms with E-state index in [2.05, 4.69) is 24.1 Å². The molecule has 0 aromatic heterocycles. The second-order valence-electron chi connectivity index (χ2n) is 7.98. The molecule has 0 spiro atoms. The zero-order chi connectivity index (χ0) is 17.0. The van der Waals surface area contributed by atoms with E-state index in [1.807, 2.05) is 18.7 Å². The highest BCUT2D eigenvalue weighted by atomic mass is 16.2. The minimum Gasteiger partial charge on any atom is -0.352 e. The molecule has 1 N–H and O–H groups in total. The fraction of sp³-hybridized carbons (Fsp3) is 0.889. The van der Waals surface area contributed by atoms with Crippen LogP contribution in [0.5, 0.6) is 0 Å². The summed E-state index contributed by atoms with van der Waals surface area (Å²) in [6.07, 6.45) is 3.28. The summed E-state index contributed by atoms with van der Waals surface area (Å²) < 4.78 is 0. The molecule has 2 aliphatic heterocycles. The third kappa shape index (κ3) is 5.48. The Hall–Kier alpha value is -1.10. The van der Waals surface area contributed by atoms with Crippen LogP contribution in [-0.2, 0) is 9.59 Å². The molecular weight excluding hydrogens is 290 g/mol. The van der Waals surface area contributed by atoms with E-state index in [0.717, 1.165) is 39.0 Å². The molecule has 0 aromatic rings. The van der Waals surface area contributed by atoms with Crippen LogP contribution >= 0.6 is 0 Å². The van der Waals surface area contributed by atoms with Gasteiger partial charge in [-0.3, -0.25) is 14.5 Å². The molecule has 2 aliphatic rings. The Morgan fingerprint density at radius 1 is 1.13 bits per heavy atom. The van der Waals surface area contributed by atoms with Crippen molar-refractivity contribution in [3.8, 4) is 0 Å². The Morgan fingerprint density at radius 3 is 2.39 bits per heavy atom. The number of hydrogen-bond acceptors (Lipinski definition) is 3. The van der Waals surface area contributed by atoms with E-state index in [9.17, 15) is 9.59 Å². The average Bonchev–Trinajstić information content (AvgIpc) is 2.46. The minimum atomic E-state index is 0.0170. The summed E-state index contributed by atoms with van der Waals surface area (Å²) in [5, 5.41) is 3.11. The van der Waals surface area contributed by atoms with Crippen molar-refractivity contribution >= 4 is 11.8 Å². The second-order valence-corrected chi connectivity index (χ2v) is 7.98. The summed E-state index contributed by atoms with van der Waals surface area (Å²) in [5.41, 5.74) is 0. The Labute approximate surface area is 140 Å². The first kappa shape index (κ1) is 18.2. The van der Waals surface area contributed by atoms with Crippen molar-refractivity contribution < 1.29 is 9.59 Å². The Kier molecular flexibility index (Phi) is 6.45. The molecule has 2 rings (SSSR count). The van der Waals surface area contributed by atoms with Crippen LogP contribution in [0.1, 0.15) is 47.0 Å². The highest BCUT2D eigenvalue weighted by Gasteiger charge is 2.28. The molecule has 2 amide bonds. The van der Waals surface area contributed by atoms with Gasteiger partial charge >= 0.3 is 0 Å². The third-order valence-electron chi connectivity index (χ3n) is 4.96. The number of carbonyl (C=O) groups is 2. The molecule has 0 saturated carbocycles. The van der Waals surface area contributed by atoms with E-state index in [0.29, 0.717) is 18.4 Å². The molecule has 23 heavy (non-hydrogen) atoms. The van der Waals surface area contributed by atoms with E-state index in [1.54, 1.807) is 0 Å². The van der Waals surface area contributed by atoms with Crippen molar-refractivity contribution in [2.75, 3.05) is 32.7 Å². The minimum absolute atomic E-state index is 0.0170. The van der Waals surface area contributed by atoms with E-state index < -0.39 is 0 Å². The lowest BCUT2D eigenvalue weighted by molar-refractivity contribution is -0.135. The first-order valence-corrected chi connectivity index (χ1v) is 9.15. The molecule has 3 unspecified atom stereocenters. The number of carbonyl (C=O) groups excluding carboxylic acids is 2. The molecule has 0 radical (unpaired) electrons. The number of nitrogens with zero attached hydrogens (tertiary/aromatic N) is 2. The van der Waals surface area contributed by atoms with Crippen LogP contribution < -0.4 is 5.32 Å². The smallest absolute Gasteiger partial charge is 0.236 e. The largest absolute Gasteiger partial charge is 0.352 e. The number of likely N-dealkylation sites (tertiary alicyclic amines) is 2. The summed E-state index contributed by atoms with van der Waals surface area (Å²) in [6.45, 7) is 12.3. The lowest BCUT2D eigenvalue weighted by Crippen LogP contribution is -2.52. The van der Waals surface area contributed by atoms with Crippen molar-refractivity contribution in [3.05, 3.63) is 0 Å². The molecule has 0 aliphatic carbocycles. The molecule has 2 fully saturated rings. The van der Waals surface area contributed by atoms with Crippen molar-refractivity contribution in [3.63, 3.8) is 0 Å². The standard InChI is InChI=1S/C18H33N3O2/c1-13(2)18(23)19-16-6-5-7-20(11-16)12-17(22)21-9-14(3)8-15(4)10-21/h13-16H,5-12H2,1-4H3,(H,19,23). The summed E-state index contributed by atoms with van der Waals surface area (Å²) in [7, 11) is 0. The lowest BCUT2D eigenvalue weighted by Gasteiger charge is -2.38. The second kappa shape index (κ2) is 8.13. The van der Waals surface area contributed by atoms with Crippen LogP contribution in [0.3, 0.4) is 0 Å². The number of hydrogen-bond donors (Lipinski definition) is 1. The molecular formula is C18H33N3O2. The van der Waals surface area contributed by atoms with Crippen LogP contribution in [0.2, 0.25) is 0 Å². The van der Waals surface area contributed by atoms with Gasteiger partial charge < -0.3 is 10.2 Å². The van der Waals surface area contributed by atoms with Crippen molar-refractivity contribution in [1.29, 1.82) is 0 Å². The number of piperidine rings is 2. The monoisotopic (exact) mass is 323 g/mol. The Morgan fingerprint density at radius 2 is 1.78 bits per heavy atom. The predicted octanol–water partition coefficient (Wildman–Crippen LogP) is 1.73. The van der Waals surface area contributed by atoms with E-state index in [1.165, 1.54) is 6.42 Å². The number of nitrogens with one attached hydrogen (secondary N) is 1. The molecule has 5 heteroatoms. The van der Waals surface area contributed by atoms with Crippen molar-refractivity contribution in [1.82, 2.24) is 15.1 Å². The Bertz CT molecular complexity index is 414. The van der Waals surface area contributed by atoms with Gasteiger partial charge in [0.15, 0.2) is 0 Å². The zero-order valence-corrected chi connectivity index (χ0v) is 15.2. The topological polar surface area (TPSA) is 52.7 Å². The van der Waals surface area contributed by atoms with Crippen LogP contribution in [0, 0.1) is 17.8 Å². The number of amides is 2. The SMILES string of the molecule is CC1CC(C)CN(C(=O)CN2CCCC(NC(=O)C(C)C)C2)C1. The summed E-state index contributed by atoms with van der Waals surface area (Å²) in [4.78, 5) is 28.7. The van der Waals surface area contributed by atoms with Gasteiger partial charge in [0, 0.05) is 31.6 Å². The highest BCUT2D eigenvalue weighted by Crippen LogP contribution is 2.21. The lowest BCUT2D eigenvalue weighted by atomic mass is 9.92. The fourth-order valence-corrected chi connectivity index (χ4v) is 3.84. The quantitative estimate of drug-likeness (QED) is 0.857. The van der Waals surface area contributed by atoms with Crippen LogP contribution in [0.15, 0.2) is 0 Å². The molecule has 2 saturated heterocycles. The average molecular weight is 323 g/mol. The van der Waals surface area contributed by atoms with Crippen LogP contribution in [0.4, 0.5) is 0 Å². The van der Waals surface area contributed by atoms with Crippen LogP contribution in [0.25, 0.3) is 0 Å². The van der Waals surface area contributed by atoms with Gasteiger partial charge in [-0.1, -0.05) is 27.7 Å². The summed E-state index contributed by atoms with van der Waals surface area (Å²) in [6, 6.07) is 0.186. The van der Waals surface area contributed by atoms with Gasteiger partial charge in [0.05, 0.1) is 6.54 Å². The van der Waals surface area contributed by atoms with Gasteiger partial charge in [0.25, 0.3) is 0 Å². The summed E-state index contributed by atoms with van der Waals surface area (Å²) >= 11 is 0. The zero-order valence-electron chi connectivity index (χ0n) is 15.2. The first-order chi connectivity index (χ1) is 10.8. The highest BCUT2D eigenvalue weighted by molar-refractivity contribution is 5.79. The Balaban J connectivity index is 1.82. The van der Waals surface area contributed by atoms with Crippen LogP contribution in [-0.4, -0.2) is 60.4 Å². The molecule has 132 valence electrons. The van der Waals surface area contributed by atoms with Gasteiger partial charge in [-0.2, -0.15) is 0 Å². The van der Waals surface area contributed by atoms with Gasteiger partial charge in [-0.05, 0) is 37.6 Å². The van der Waals surface area contributed by atoms with Gasteiger partial charge in [-0.15, -0.1) is 0 Å². The molecule has 2 heterocycles. The van der Waals surface area contributed by atoms with Gasteiger partial charge in [0.1, 0.15) is 0 Å². The van der Waals surface area contributed by atoms with E-state index in [-0.39, 0.29) is 23.8 Å². The van der Waals surface area contributed by atoms with E-state index >= 15 is 0 Å². The van der Waals surface area contributed by atoms with E-state index in [4.69, 9.17) is 0 Å². The molecule has 0 aromatic carbocycles.